The van der Waals surface area contributed by atoms with Gasteiger partial charge >= 0.3 is 17.8 Å². The SMILES string of the molecule is NC(=O)NC(=O)C(=O)NO. The molecule has 0 aromatic carbocycles. The van der Waals surface area contributed by atoms with Crippen LogP contribution in [0, 0.1) is 0 Å². The molecule has 4 amide bonds. The molecule has 0 bridgehead atoms. The average Bonchev–Trinajstić information content (AvgIpc) is 1.85. The van der Waals surface area contributed by atoms with Gasteiger partial charge in [-0.05, 0) is 0 Å². The Morgan fingerprint density at radius 2 is 1.70 bits per heavy atom. The largest absolute Gasteiger partial charge is 0.351 e. The Bertz CT molecular complexity index is 177. The summed E-state index contributed by atoms with van der Waals surface area (Å²) in [5.74, 6) is -2.66. The predicted molar refractivity (Wildman–Crippen MR) is 27.7 cm³/mol. The molecule has 0 atom stereocenters. The smallest absolute Gasteiger partial charge is 0.333 e. The molecule has 5 N–H and O–H groups in total. The number of carbonyl (C=O) groups excluding carboxylic acids is 3. The van der Waals surface area contributed by atoms with Gasteiger partial charge in [0.25, 0.3) is 0 Å². The first-order chi connectivity index (χ1) is 4.57. The summed E-state index contributed by atoms with van der Waals surface area (Å²) in [6.07, 6.45) is 0. The van der Waals surface area contributed by atoms with Crippen LogP contribution in [0.1, 0.15) is 0 Å². The van der Waals surface area contributed by atoms with Crippen LogP contribution in [0.2, 0.25) is 0 Å². The molecule has 0 heterocycles. The minimum atomic E-state index is -1.35. The first-order valence-electron chi connectivity index (χ1n) is 2.12. The number of hydrogen-bond acceptors (Lipinski definition) is 4. The quantitative estimate of drug-likeness (QED) is 0.174. The van der Waals surface area contributed by atoms with E-state index >= 15 is 0 Å². The number of nitrogens with two attached hydrogens (primary N) is 1. The van der Waals surface area contributed by atoms with Crippen LogP contribution in [0.15, 0.2) is 0 Å². The molecule has 10 heavy (non-hydrogen) atoms. The molecule has 0 radical (unpaired) electrons. The number of amides is 4. The summed E-state index contributed by atoms with van der Waals surface area (Å²) in [6.45, 7) is 0. The predicted octanol–water partition coefficient (Wildman–Crippen LogP) is -2.31. The van der Waals surface area contributed by atoms with Crippen molar-refractivity contribution < 1.29 is 19.6 Å². The molecule has 0 aliphatic rings. The van der Waals surface area contributed by atoms with E-state index in [0.717, 1.165) is 5.48 Å². The molecule has 0 unspecified atom stereocenters. The number of nitrogens with one attached hydrogen (secondary N) is 2. The summed E-state index contributed by atoms with van der Waals surface area (Å²) in [7, 11) is 0. The van der Waals surface area contributed by atoms with Gasteiger partial charge in [-0.3, -0.25) is 20.1 Å². The highest BCUT2D eigenvalue weighted by Gasteiger charge is 2.12. The molecule has 7 nitrogen and oxygen atoms in total. The average molecular weight is 147 g/mol. The van der Waals surface area contributed by atoms with Gasteiger partial charge in [-0.1, -0.05) is 0 Å². The second-order valence-electron chi connectivity index (χ2n) is 1.26. The Hall–Kier alpha value is -1.63. The fraction of sp³-hybridized carbons (Fsp3) is 0. The first-order valence-corrected chi connectivity index (χ1v) is 2.12. The summed E-state index contributed by atoms with van der Waals surface area (Å²) in [4.78, 5) is 30.1. The highest BCUT2D eigenvalue weighted by Crippen LogP contribution is 1.64. The van der Waals surface area contributed by atoms with Gasteiger partial charge in [0.15, 0.2) is 0 Å². The van der Waals surface area contributed by atoms with Crippen molar-refractivity contribution in [3.63, 3.8) is 0 Å². The summed E-state index contributed by atoms with van der Waals surface area (Å²) in [5.41, 5.74) is 5.46. The molecule has 0 fully saturated rings. The number of rotatable bonds is 0. The summed E-state index contributed by atoms with van der Waals surface area (Å²) in [6, 6.07) is -1.16. The maximum absolute atomic E-state index is 10.2. The summed E-state index contributed by atoms with van der Waals surface area (Å²) in [5, 5.41) is 9.23. The highest BCUT2D eigenvalue weighted by atomic mass is 16.5. The first kappa shape index (κ1) is 8.37. The van der Waals surface area contributed by atoms with E-state index in [1.165, 1.54) is 5.32 Å². The van der Waals surface area contributed by atoms with Crippen molar-refractivity contribution in [2.45, 2.75) is 0 Å². The monoisotopic (exact) mass is 147 g/mol. The van der Waals surface area contributed by atoms with Crippen molar-refractivity contribution in [2.24, 2.45) is 5.73 Å². The van der Waals surface area contributed by atoms with E-state index in [9.17, 15) is 14.4 Å². The lowest BCUT2D eigenvalue weighted by atomic mass is 10.6. The molecule has 0 aromatic rings. The van der Waals surface area contributed by atoms with Crippen molar-refractivity contribution in [3.05, 3.63) is 0 Å². The number of imide groups is 1. The lowest BCUT2D eigenvalue weighted by Crippen LogP contribution is -2.43. The fourth-order valence-corrected chi connectivity index (χ4v) is 0.219. The van der Waals surface area contributed by atoms with Crippen LogP contribution in [0.25, 0.3) is 0 Å². The second-order valence-corrected chi connectivity index (χ2v) is 1.26. The van der Waals surface area contributed by atoms with E-state index in [1.807, 2.05) is 0 Å². The van der Waals surface area contributed by atoms with Crippen molar-refractivity contribution >= 4 is 17.8 Å². The molecule has 0 aromatic heterocycles. The van der Waals surface area contributed by atoms with Gasteiger partial charge in [0.1, 0.15) is 0 Å². The van der Waals surface area contributed by atoms with E-state index < -0.39 is 17.8 Å². The van der Waals surface area contributed by atoms with E-state index in [4.69, 9.17) is 5.21 Å². The molecular formula is C3H5N3O4. The minimum absolute atomic E-state index is 1.01. The van der Waals surface area contributed by atoms with Gasteiger partial charge in [0.05, 0.1) is 0 Å². The van der Waals surface area contributed by atoms with Gasteiger partial charge in [-0.2, -0.15) is 0 Å². The number of primary amides is 1. The normalized spacial score (nSPS) is 8.10. The Kier molecular flexibility index (Phi) is 2.85. The molecule has 0 saturated heterocycles. The van der Waals surface area contributed by atoms with Crippen LogP contribution >= 0.6 is 0 Å². The lowest BCUT2D eigenvalue weighted by Gasteiger charge is -1.95. The van der Waals surface area contributed by atoms with Gasteiger partial charge in [-0.15, -0.1) is 0 Å². The number of hydroxylamine groups is 1. The van der Waals surface area contributed by atoms with Gasteiger partial charge in [0.2, 0.25) is 0 Å². The van der Waals surface area contributed by atoms with Crippen molar-refractivity contribution in [1.29, 1.82) is 0 Å². The molecule has 0 aliphatic carbocycles. The zero-order valence-corrected chi connectivity index (χ0v) is 4.75. The van der Waals surface area contributed by atoms with Crippen LogP contribution in [0.3, 0.4) is 0 Å². The maximum Gasteiger partial charge on any atom is 0.333 e. The number of carbonyl (C=O) groups is 3. The third kappa shape index (κ3) is 2.62. The fourth-order valence-electron chi connectivity index (χ4n) is 0.219. The van der Waals surface area contributed by atoms with Gasteiger partial charge in [0, 0.05) is 0 Å². The maximum atomic E-state index is 10.2. The Labute approximate surface area is 55.1 Å². The van der Waals surface area contributed by atoms with Crippen molar-refractivity contribution in [3.8, 4) is 0 Å². The third-order valence-electron chi connectivity index (χ3n) is 0.545. The highest BCUT2D eigenvalue weighted by molar-refractivity contribution is 6.37. The molecule has 0 rings (SSSR count). The Morgan fingerprint density at radius 1 is 1.20 bits per heavy atom. The molecule has 56 valence electrons. The second kappa shape index (κ2) is 3.41. The van der Waals surface area contributed by atoms with Crippen molar-refractivity contribution in [1.82, 2.24) is 10.8 Å². The zero-order chi connectivity index (χ0) is 8.15. The summed E-state index contributed by atoms with van der Waals surface area (Å²) >= 11 is 0. The van der Waals surface area contributed by atoms with Crippen molar-refractivity contribution in [2.75, 3.05) is 0 Å². The minimum Gasteiger partial charge on any atom is -0.351 e. The molecule has 0 spiro atoms. The van der Waals surface area contributed by atoms with E-state index in [2.05, 4.69) is 5.73 Å². The van der Waals surface area contributed by atoms with E-state index in [-0.39, 0.29) is 0 Å². The summed E-state index contributed by atoms with van der Waals surface area (Å²) < 4.78 is 0. The van der Waals surface area contributed by atoms with Crippen LogP contribution in [-0.2, 0) is 9.59 Å². The van der Waals surface area contributed by atoms with E-state index in [1.54, 1.807) is 0 Å². The lowest BCUT2D eigenvalue weighted by molar-refractivity contribution is -0.143. The van der Waals surface area contributed by atoms with Crippen LogP contribution in [0.4, 0.5) is 4.79 Å². The topological polar surface area (TPSA) is 122 Å². The molecule has 0 saturated carbocycles. The van der Waals surface area contributed by atoms with Gasteiger partial charge < -0.3 is 5.73 Å². The van der Waals surface area contributed by atoms with Crippen LogP contribution in [0.5, 0.6) is 0 Å². The van der Waals surface area contributed by atoms with Crippen LogP contribution in [-0.4, -0.2) is 23.1 Å². The Morgan fingerprint density at radius 3 is 2.00 bits per heavy atom. The van der Waals surface area contributed by atoms with E-state index in [0.29, 0.717) is 0 Å². The number of hydrogen-bond donors (Lipinski definition) is 4. The molecular weight excluding hydrogens is 142 g/mol. The third-order valence-corrected chi connectivity index (χ3v) is 0.545. The van der Waals surface area contributed by atoms with Crippen LogP contribution < -0.4 is 16.5 Å². The van der Waals surface area contributed by atoms with Gasteiger partial charge in [-0.25, -0.2) is 10.3 Å². The Balaban J connectivity index is 3.86. The molecule has 7 heteroatoms. The zero-order valence-electron chi connectivity index (χ0n) is 4.75. The molecule has 0 aliphatic heterocycles. The standard InChI is InChI=1S/C3H5N3O4/c4-3(9)5-1(7)2(8)6-10/h10H,(H,6,8)(H3,4,5,7,9). The number of urea groups is 1.